The molecule has 0 radical (unpaired) electrons. The Hall–Kier alpha value is -3.52. The predicted molar refractivity (Wildman–Crippen MR) is 108 cm³/mol. The Morgan fingerprint density at radius 2 is 1.93 bits per heavy atom. The van der Waals surface area contributed by atoms with Gasteiger partial charge in [0.2, 0.25) is 12.6 Å². The minimum absolute atomic E-state index is 0.0346. The third-order valence-electron chi connectivity index (χ3n) is 4.63. The smallest absolute Gasteiger partial charge is 0.375 e. The van der Waals surface area contributed by atoms with Gasteiger partial charge in [0.25, 0.3) is 5.91 Å². The van der Waals surface area contributed by atoms with Gasteiger partial charge in [-0.15, -0.1) is 0 Å². The lowest BCUT2D eigenvalue weighted by atomic mass is 10.1. The molecule has 30 heavy (non-hydrogen) atoms. The van der Waals surface area contributed by atoms with Gasteiger partial charge in [-0.25, -0.2) is 4.79 Å². The van der Waals surface area contributed by atoms with Crippen molar-refractivity contribution < 1.29 is 33.0 Å². The van der Waals surface area contributed by atoms with Gasteiger partial charge in [0, 0.05) is 29.3 Å². The van der Waals surface area contributed by atoms with Gasteiger partial charge in [-0.3, -0.25) is 4.79 Å². The van der Waals surface area contributed by atoms with Crippen LogP contribution in [0.2, 0.25) is 0 Å². The van der Waals surface area contributed by atoms with Crippen LogP contribution >= 0.6 is 0 Å². The number of anilines is 1. The molecule has 3 aromatic rings. The molecule has 1 aliphatic rings. The van der Waals surface area contributed by atoms with Gasteiger partial charge >= 0.3 is 5.97 Å². The van der Waals surface area contributed by atoms with E-state index in [0.717, 1.165) is 5.39 Å². The summed E-state index contributed by atoms with van der Waals surface area (Å²) in [6, 6.07) is 12.3. The van der Waals surface area contributed by atoms with E-state index in [9.17, 15) is 9.59 Å². The number of esters is 1. The molecule has 0 aliphatic carbocycles. The maximum absolute atomic E-state index is 12.7. The predicted octanol–water partition coefficient (Wildman–Crippen LogP) is 3.88. The molecule has 1 amide bonds. The number of nitrogens with one attached hydrogen (secondary N) is 1. The standard InChI is InChI=1S/C22H21NO7/c1-3-26-11-16-15-6-4-5-7-17(15)30-20(16)22(25)29-13(2)21(24)23-14-8-9-18-19(10-14)28-12-27-18/h4-10,13H,3,11-12H2,1-2H3,(H,23,24)/t13-/m1/s1. The molecule has 156 valence electrons. The molecule has 2 aromatic carbocycles. The van der Waals surface area contributed by atoms with E-state index in [-0.39, 0.29) is 19.2 Å². The lowest BCUT2D eigenvalue weighted by Gasteiger charge is -2.13. The molecular weight excluding hydrogens is 390 g/mol. The first kappa shape index (κ1) is 19.8. The second kappa shape index (κ2) is 8.46. The highest BCUT2D eigenvalue weighted by molar-refractivity contribution is 5.99. The van der Waals surface area contributed by atoms with E-state index in [1.165, 1.54) is 6.92 Å². The van der Waals surface area contributed by atoms with Crippen molar-refractivity contribution in [2.24, 2.45) is 0 Å². The summed E-state index contributed by atoms with van der Waals surface area (Å²) >= 11 is 0. The highest BCUT2D eigenvalue weighted by Crippen LogP contribution is 2.34. The molecular formula is C22H21NO7. The minimum atomic E-state index is -1.05. The lowest BCUT2D eigenvalue weighted by Crippen LogP contribution is -2.30. The summed E-state index contributed by atoms with van der Waals surface area (Å²) in [7, 11) is 0. The molecule has 1 aliphatic heterocycles. The fourth-order valence-corrected chi connectivity index (χ4v) is 3.10. The molecule has 0 unspecified atom stereocenters. The summed E-state index contributed by atoms with van der Waals surface area (Å²) in [5.41, 5.74) is 1.66. The third-order valence-corrected chi connectivity index (χ3v) is 4.63. The Morgan fingerprint density at radius 1 is 1.13 bits per heavy atom. The highest BCUT2D eigenvalue weighted by Gasteiger charge is 2.26. The number of amides is 1. The van der Waals surface area contributed by atoms with Gasteiger partial charge < -0.3 is 28.7 Å². The van der Waals surface area contributed by atoms with Crippen LogP contribution in [0.5, 0.6) is 11.5 Å². The minimum Gasteiger partial charge on any atom is -0.454 e. The van der Waals surface area contributed by atoms with E-state index >= 15 is 0 Å². The molecule has 0 bridgehead atoms. The number of furan rings is 1. The number of ether oxygens (including phenoxy) is 4. The zero-order chi connectivity index (χ0) is 21.1. The normalized spacial score (nSPS) is 13.3. The largest absolute Gasteiger partial charge is 0.454 e. The van der Waals surface area contributed by atoms with Crippen LogP contribution in [0.15, 0.2) is 46.9 Å². The van der Waals surface area contributed by atoms with Crippen molar-refractivity contribution in [3.8, 4) is 11.5 Å². The van der Waals surface area contributed by atoms with Crippen LogP contribution in [0.4, 0.5) is 5.69 Å². The molecule has 1 N–H and O–H groups in total. The zero-order valence-electron chi connectivity index (χ0n) is 16.6. The van der Waals surface area contributed by atoms with Crippen LogP contribution in [-0.4, -0.2) is 31.4 Å². The summed E-state index contributed by atoms with van der Waals surface area (Å²) < 4.78 is 27.1. The zero-order valence-corrected chi connectivity index (χ0v) is 16.6. The fourth-order valence-electron chi connectivity index (χ4n) is 3.10. The number of carbonyl (C=O) groups excluding carboxylic acids is 2. The van der Waals surface area contributed by atoms with E-state index in [4.69, 9.17) is 23.4 Å². The lowest BCUT2D eigenvalue weighted by molar-refractivity contribution is -0.123. The second-order valence-corrected chi connectivity index (χ2v) is 6.65. The van der Waals surface area contributed by atoms with Gasteiger partial charge in [0.15, 0.2) is 17.6 Å². The summed E-state index contributed by atoms with van der Waals surface area (Å²) in [6.07, 6.45) is -1.05. The fraction of sp³-hybridized carbons (Fsp3) is 0.273. The first-order chi connectivity index (χ1) is 14.6. The number of hydrogen-bond acceptors (Lipinski definition) is 7. The van der Waals surface area contributed by atoms with Crippen molar-refractivity contribution in [2.45, 2.75) is 26.6 Å². The van der Waals surface area contributed by atoms with E-state index < -0.39 is 18.0 Å². The van der Waals surface area contributed by atoms with Gasteiger partial charge in [-0.1, -0.05) is 18.2 Å². The number of benzene rings is 2. The number of para-hydroxylation sites is 1. The van der Waals surface area contributed by atoms with Crippen LogP contribution in [0, 0.1) is 0 Å². The van der Waals surface area contributed by atoms with Gasteiger partial charge in [0.1, 0.15) is 5.58 Å². The molecule has 0 fully saturated rings. The van der Waals surface area contributed by atoms with E-state index in [0.29, 0.717) is 34.9 Å². The van der Waals surface area contributed by atoms with Gasteiger partial charge in [-0.2, -0.15) is 0 Å². The maximum atomic E-state index is 12.7. The Bertz CT molecular complexity index is 1090. The van der Waals surface area contributed by atoms with Crippen molar-refractivity contribution in [1.82, 2.24) is 0 Å². The number of fused-ring (bicyclic) bond motifs is 2. The van der Waals surface area contributed by atoms with E-state index in [1.54, 1.807) is 24.3 Å². The first-order valence-electron chi connectivity index (χ1n) is 9.56. The van der Waals surface area contributed by atoms with Crippen LogP contribution in [0.25, 0.3) is 11.0 Å². The molecule has 0 saturated carbocycles. The summed E-state index contributed by atoms with van der Waals surface area (Å²) in [4.78, 5) is 25.2. The van der Waals surface area contributed by atoms with Gasteiger partial charge in [0.05, 0.1) is 6.61 Å². The molecule has 0 saturated heterocycles. The summed E-state index contributed by atoms with van der Waals surface area (Å²) in [5.74, 6) is -0.0224. The average Bonchev–Trinajstić information content (AvgIpc) is 3.36. The summed E-state index contributed by atoms with van der Waals surface area (Å²) in [6.45, 7) is 4.19. The van der Waals surface area contributed by atoms with Crippen molar-refractivity contribution in [3.05, 3.63) is 53.8 Å². The van der Waals surface area contributed by atoms with Crippen molar-refractivity contribution >= 4 is 28.5 Å². The van der Waals surface area contributed by atoms with Crippen LogP contribution in [-0.2, 0) is 20.9 Å². The Labute approximate surface area is 172 Å². The van der Waals surface area contributed by atoms with Crippen molar-refractivity contribution in [2.75, 3.05) is 18.7 Å². The quantitative estimate of drug-likeness (QED) is 0.589. The first-order valence-corrected chi connectivity index (χ1v) is 9.56. The van der Waals surface area contributed by atoms with Gasteiger partial charge in [-0.05, 0) is 32.0 Å². The van der Waals surface area contributed by atoms with Crippen molar-refractivity contribution in [1.29, 1.82) is 0 Å². The highest BCUT2D eigenvalue weighted by atomic mass is 16.7. The maximum Gasteiger partial charge on any atom is 0.375 e. The van der Waals surface area contributed by atoms with Crippen LogP contribution in [0.1, 0.15) is 30.0 Å². The Morgan fingerprint density at radius 3 is 2.77 bits per heavy atom. The summed E-state index contributed by atoms with van der Waals surface area (Å²) in [5, 5.41) is 3.47. The molecule has 2 heterocycles. The molecule has 8 nitrogen and oxygen atoms in total. The number of rotatable bonds is 7. The Balaban J connectivity index is 1.47. The van der Waals surface area contributed by atoms with Crippen LogP contribution < -0.4 is 14.8 Å². The molecule has 1 atom stereocenters. The second-order valence-electron chi connectivity index (χ2n) is 6.65. The van der Waals surface area contributed by atoms with Crippen LogP contribution in [0.3, 0.4) is 0 Å². The Kier molecular flexibility index (Phi) is 5.58. The average molecular weight is 411 g/mol. The topological polar surface area (TPSA) is 96.2 Å². The molecule has 0 spiro atoms. The van der Waals surface area contributed by atoms with E-state index in [1.807, 2.05) is 25.1 Å². The third kappa shape index (κ3) is 3.95. The number of hydrogen-bond donors (Lipinski definition) is 1. The molecule has 1 aromatic heterocycles. The number of carbonyl (C=O) groups is 2. The molecule has 4 rings (SSSR count). The van der Waals surface area contributed by atoms with Crippen molar-refractivity contribution in [3.63, 3.8) is 0 Å². The monoisotopic (exact) mass is 411 g/mol. The van der Waals surface area contributed by atoms with E-state index in [2.05, 4.69) is 5.32 Å². The molecule has 8 heteroatoms. The SMILES string of the molecule is CCOCc1c(C(=O)O[C@H](C)C(=O)Nc2ccc3c(c2)OCO3)oc2ccccc12.